The van der Waals surface area contributed by atoms with Crippen LogP contribution in [0.1, 0.15) is 12.8 Å². The Bertz CT molecular complexity index is 181. The Morgan fingerprint density at radius 3 is 2.93 bits per heavy atom. The molecule has 0 amide bonds. The molecule has 2 unspecified atom stereocenters. The predicted molar refractivity (Wildman–Crippen MR) is 59.1 cm³/mol. The van der Waals surface area contributed by atoms with Gasteiger partial charge in [-0.15, -0.1) is 0 Å². The Labute approximate surface area is 91.9 Å². The molecule has 15 heavy (non-hydrogen) atoms. The minimum Gasteiger partial charge on any atom is -0.380 e. The molecule has 2 atom stereocenters. The molecule has 0 spiro atoms. The zero-order chi connectivity index (χ0) is 10.5. The van der Waals surface area contributed by atoms with E-state index in [2.05, 4.69) is 17.3 Å². The summed E-state index contributed by atoms with van der Waals surface area (Å²) in [5.74, 6) is 0. The van der Waals surface area contributed by atoms with Gasteiger partial charge in [0.25, 0.3) is 0 Å². The molecule has 2 aliphatic rings. The van der Waals surface area contributed by atoms with Crippen molar-refractivity contribution in [2.45, 2.75) is 24.9 Å². The number of nitrogens with one attached hydrogen (secondary N) is 1. The van der Waals surface area contributed by atoms with Gasteiger partial charge in [0.1, 0.15) is 0 Å². The molecule has 88 valence electrons. The summed E-state index contributed by atoms with van der Waals surface area (Å²) in [5, 5.41) is 3.41. The van der Waals surface area contributed by atoms with Crippen LogP contribution in [0.4, 0.5) is 0 Å². The largest absolute Gasteiger partial charge is 0.380 e. The second kappa shape index (κ2) is 5.80. The maximum Gasteiger partial charge on any atom is 0.0637 e. The highest BCUT2D eigenvalue weighted by Crippen LogP contribution is 2.15. The van der Waals surface area contributed by atoms with E-state index in [1.165, 1.54) is 0 Å². The third-order valence-electron chi connectivity index (χ3n) is 3.42. The lowest BCUT2D eigenvalue weighted by atomic mass is 10.0. The fourth-order valence-electron chi connectivity index (χ4n) is 2.52. The van der Waals surface area contributed by atoms with E-state index in [1.54, 1.807) is 0 Å². The minimum atomic E-state index is 0.533. The van der Waals surface area contributed by atoms with Crippen molar-refractivity contribution >= 4 is 0 Å². The average Bonchev–Trinajstić information content (AvgIpc) is 2.57. The van der Waals surface area contributed by atoms with E-state index < -0.39 is 0 Å². The van der Waals surface area contributed by atoms with Crippen molar-refractivity contribution in [2.24, 2.45) is 0 Å². The molecule has 2 fully saturated rings. The van der Waals surface area contributed by atoms with E-state index >= 15 is 0 Å². The third-order valence-corrected chi connectivity index (χ3v) is 3.42. The van der Waals surface area contributed by atoms with Gasteiger partial charge in [-0.25, -0.2) is 0 Å². The van der Waals surface area contributed by atoms with Gasteiger partial charge >= 0.3 is 0 Å². The standard InChI is InChI=1S/C11H22N2O2/c1-12-10-3-7-15-9-11(10)13-4-2-6-14-8-5-13/h10-12H,2-9H2,1H3. The van der Waals surface area contributed by atoms with Crippen LogP contribution < -0.4 is 5.32 Å². The first-order valence-electron chi connectivity index (χ1n) is 5.98. The molecule has 0 aromatic carbocycles. The normalized spacial score (nSPS) is 35.0. The van der Waals surface area contributed by atoms with Crippen molar-refractivity contribution in [3.63, 3.8) is 0 Å². The summed E-state index contributed by atoms with van der Waals surface area (Å²) in [7, 11) is 2.05. The molecule has 2 aliphatic heterocycles. The molecule has 0 radical (unpaired) electrons. The number of hydrogen-bond acceptors (Lipinski definition) is 4. The summed E-state index contributed by atoms with van der Waals surface area (Å²) in [5.41, 5.74) is 0. The van der Waals surface area contributed by atoms with Crippen LogP contribution in [0.15, 0.2) is 0 Å². The number of nitrogens with zero attached hydrogens (tertiary/aromatic N) is 1. The van der Waals surface area contributed by atoms with Crippen LogP contribution in [0.5, 0.6) is 0 Å². The van der Waals surface area contributed by atoms with Gasteiger partial charge in [-0.05, 0) is 19.9 Å². The Balaban J connectivity index is 1.92. The summed E-state index contributed by atoms with van der Waals surface area (Å²) < 4.78 is 11.1. The Hall–Kier alpha value is -0.160. The zero-order valence-corrected chi connectivity index (χ0v) is 9.58. The van der Waals surface area contributed by atoms with Crippen LogP contribution >= 0.6 is 0 Å². The molecule has 4 nitrogen and oxygen atoms in total. The van der Waals surface area contributed by atoms with Crippen LogP contribution in [0.2, 0.25) is 0 Å². The van der Waals surface area contributed by atoms with Crippen molar-refractivity contribution < 1.29 is 9.47 Å². The molecule has 0 aliphatic carbocycles. The maximum absolute atomic E-state index is 5.59. The number of hydrogen-bond donors (Lipinski definition) is 1. The molecule has 0 saturated carbocycles. The van der Waals surface area contributed by atoms with E-state index in [0.717, 1.165) is 52.4 Å². The maximum atomic E-state index is 5.59. The lowest BCUT2D eigenvalue weighted by Gasteiger charge is -2.39. The minimum absolute atomic E-state index is 0.533. The first-order chi connectivity index (χ1) is 7.42. The van der Waals surface area contributed by atoms with Crippen LogP contribution in [0.25, 0.3) is 0 Å². The number of rotatable bonds is 2. The van der Waals surface area contributed by atoms with Crippen molar-refractivity contribution in [3.05, 3.63) is 0 Å². The van der Waals surface area contributed by atoms with Crippen LogP contribution in [0.3, 0.4) is 0 Å². The highest BCUT2D eigenvalue weighted by molar-refractivity contribution is 4.87. The van der Waals surface area contributed by atoms with Crippen LogP contribution in [0, 0.1) is 0 Å². The van der Waals surface area contributed by atoms with Gasteiger partial charge in [-0.1, -0.05) is 0 Å². The van der Waals surface area contributed by atoms with Crippen molar-refractivity contribution in [1.82, 2.24) is 10.2 Å². The molecule has 2 rings (SSSR count). The van der Waals surface area contributed by atoms with E-state index in [0.29, 0.717) is 12.1 Å². The summed E-state index contributed by atoms with van der Waals surface area (Å²) in [6.07, 6.45) is 2.27. The molecule has 0 aromatic heterocycles. The van der Waals surface area contributed by atoms with Crippen molar-refractivity contribution in [2.75, 3.05) is 46.6 Å². The molecule has 2 heterocycles. The quantitative estimate of drug-likeness (QED) is 0.706. The van der Waals surface area contributed by atoms with Gasteiger partial charge in [0, 0.05) is 38.4 Å². The van der Waals surface area contributed by atoms with Gasteiger partial charge in [0.2, 0.25) is 0 Å². The first kappa shape index (κ1) is 11.3. The summed E-state index contributed by atoms with van der Waals surface area (Å²) >= 11 is 0. The fourth-order valence-corrected chi connectivity index (χ4v) is 2.52. The van der Waals surface area contributed by atoms with Crippen molar-refractivity contribution in [3.8, 4) is 0 Å². The van der Waals surface area contributed by atoms with Gasteiger partial charge in [-0.3, -0.25) is 4.90 Å². The predicted octanol–water partition coefficient (Wildman–Crippen LogP) is 0.0856. The Morgan fingerprint density at radius 1 is 1.13 bits per heavy atom. The summed E-state index contributed by atoms with van der Waals surface area (Å²) in [6, 6.07) is 1.11. The van der Waals surface area contributed by atoms with E-state index in [-0.39, 0.29) is 0 Å². The number of ether oxygens (including phenoxy) is 2. The fraction of sp³-hybridized carbons (Fsp3) is 1.00. The van der Waals surface area contributed by atoms with E-state index in [1.807, 2.05) is 0 Å². The molecule has 2 saturated heterocycles. The lowest BCUT2D eigenvalue weighted by Crippen LogP contribution is -2.55. The van der Waals surface area contributed by atoms with Crippen molar-refractivity contribution in [1.29, 1.82) is 0 Å². The van der Waals surface area contributed by atoms with E-state index in [4.69, 9.17) is 9.47 Å². The summed E-state index contributed by atoms with van der Waals surface area (Å²) in [6.45, 7) is 5.73. The van der Waals surface area contributed by atoms with Gasteiger partial charge < -0.3 is 14.8 Å². The average molecular weight is 214 g/mol. The summed E-state index contributed by atoms with van der Waals surface area (Å²) in [4.78, 5) is 2.52. The highest BCUT2D eigenvalue weighted by Gasteiger charge is 2.29. The Morgan fingerprint density at radius 2 is 2.07 bits per heavy atom. The van der Waals surface area contributed by atoms with Gasteiger partial charge in [-0.2, -0.15) is 0 Å². The molecular formula is C11H22N2O2. The smallest absolute Gasteiger partial charge is 0.0637 e. The van der Waals surface area contributed by atoms with Crippen LogP contribution in [-0.2, 0) is 9.47 Å². The lowest BCUT2D eigenvalue weighted by molar-refractivity contribution is -0.00205. The molecule has 1 N–H and O–H groups in total. The zero-order valence-electron chi connectivity index (χ0n) is 9.58. The monoisotopic (exact) mass is 214 g/mol. The molecule has 0 bridgehead atoms. The molecule has 0 aromatic rings. The second-order valence-corrected chi connectivity index (χ2v) is 4.33. The molecular weight excluding hydrogens is 192 g/mol. The van der Waals surface area contributed by atoms with E-state index in [9.17, 15) is 0 Å². The van der Waals surface area contributed by atoms with Gasteiger partial charge in [0.15, 0.2) is 0 Å². The SMILES string of the molecule is CNC1CCOCC1N1CCCOCC1. The second-order valence-electron chi connectivity index (χ2n) is 4.33. The Kier molecular flexibility index (Phi) is 4.38. The number of likely N-dealkylation sites (N-methyl/N-ethyl adjacent to an activating group) is 1. The van der Waals surface area contributed by atoms with Crippen LogP contribution in [-0.4, -0.2) is 63.5 Å². The topological polar surface area (TPSA) is 33.7 Å². The first-order valence-corrected chi connectivity index (χ1v) is 5.98. The highest BCUT2D eigenvalue weighted by atomic mass is 16.5. The third kappa shape index (κ3) is 2.91. The van der Waals surface area contributed by atoms with Gasteiger partial charge in [0.05, 0.1) is 13.2 Å². The molecule has 4 heteroatoms.